The van der Waals surface area contributed by atoms with Gasteiger partial charge in [-0.3, -0.25) is 0 Å². The second kappa shape index (κ2) is 5.96. The molecule has 1 nitrogen and oxygen atoms in total. The minimum atomic E-state index is 0. The molecule has 0 aliphatic carbocycles. The average Bonchev–Trinajstić information content (AvgIpc) is 1.69. The molecule has 0 fully saturated rings. The summed E-state index contributed by atoms with van der Waals surface area (Å²) in [7, 11) is 0. The molecule has 1 heteroatoms. The third-order valence-corrected chi connectivity index (χ3v) is 0.854. The molecular formula is C6H17N. The van der Waals surface area contributed by atoms with Crippen molar-refractivity contribution in [2.45, 2.75) is 26.7 Å². The number of nitrogens with one attached hydrogen (secondary N) is 1. The van der Waals surface area contributed by atoms with Crippen LogP contribution in [0.15, 0.2) is 0 Å². The minimum absolute atomic E-state index is 0. The molecule has 46 valence electrons. The van der Waals surface area contributed by atoms with Gasteiger partial charge < -0.3 is 5.32 Å². The van der Waals surface area contributed by atoms with Gasteiger partial charge in [0.05, 0.1) is 0 Å². The van der Waals surface area contributed by atoms with Crippen LogP contribution in [0.3, 0.4) is 0 Å². The van der Waals surface area contributed by atoms with Gasteiger partial charge >= 0.3 is 0 Å². The van der Waals surface area contributed by atoms with Crippen LogP contribution in [0.1, 0.15) is 28.1 Å². The van der Waals surface area contributed by atoms with Gasteiger partial charge in [0.1, 0.15) is 0 Å². The summed E-state index contributed by atoms with van der Waals surface area (Å²) in [5, 5.41) is 3.28. The van der Waals surface area contributed by atoms with E-state index in [1.54, 1.807) is 0 Å². The van der Waals surface area contributed by atoms with Gasteiger partial charge in [0, 0.05) is 1.43 Å². The molecule has 0 radical (unpaired) electrons. The second-order valence-corrected chi connectivity index (χ2v) is 1.75. The Labute approximate surface area is 47.6 Å². The molecule has 7 heavy (non-hydrogen) atoms. The van der Waals surface area contributed by atoms with Crippen molar-refractivity contribution in [3.63, 3.8) is 0 Å². The Morgan fingerprint density at radius 1 is 1.14 bits per heavy atom. The van der Waals surface area contributed by atoms with Crippen LogP contribution in [0.25, 0.3) is 0 Å². The first kappa shape index (κ1) is 6.96. The van der Waals surface area contributed by atoms with Gasteiger partial charge in [0.25, 0.3) is 0 Å². The summed E-state index contributed by atoms with van der Waals surface area (Å²) in [6.07, 6.45) is 2.50. The molecule has 0 saturated heterocycles. The van der Waals surface area contributed by atoms with E-state index in [1.165, 1.54) is 25.9 Å². The van der Waals surface area contributed by atoms with Crippen molar-refractivity contribution in [2.24, 2.45) is 0 Å². The highest BCUT2D eigenvalue weighted by Gasteiger charge is 1.76. The van der Waals surface area contributed by atoms with E-state index in [0.29, 0.717) is 0 Å². The third kappa shape index (κ3) is 5.96. The number of hydrogen-bond acceptors (Lipinski definition) is 1. The standard InChI is InChI=1S/C6H15N.H2/c1-3-5-7-6-4-2;/h7H,3-6H2,1-2H3;1H. The first-order valence-corrected chi connectivity index (χ1v) is 3.12. The zero-order valence-corrected chi connectivity index (χ0v) is 5.33. The van der Waals surface area contributed by atoms with Crippen molar-refractivity contribution in [1.29, 1.82) is 0 Å². The fourth-order valence-corrected chi connectivity index (χ4v) is 0.479. The highest BCUT2D eigenvalue weighted by atomic mass is 14.8. The maximum atomic E-state index is 3.28. The Kier molecular flexibility index (Phi) is 5.93. The van der Waals surface area contributed by atoms with E-state index in [9.17, 15) is 0 Å². The normalized spacial score (nSPS) is 9.43. The van der Waals surface area contributed by atoms with Crippen molar-refractivity contribution >= 4 is 0 Å². The van der Waals surface area contributed by atoms with E-state index in [4.69, 9.17) is 0 Å². The highest BCUT2D eigenvalue weighted by Crippen LogP contribution is 1.71. The van der Waals surface area contributed by atoms with Crippen molar-refractivity contribution in [3.8, 4) is 0 Å². The fraction of sp³-hybridized carbons (Fsp3) is 1.00. The minimum Gasteiger partial charge on any atom is -0.317 e. The summed E-state index contributed by atoms with van der Waals surface area (Å²) < 4.78 is 0. The Morgan fingerprint density at radius 2 is 1.57 bits per heavy atom. The number of rotatable bonds is 4. The molecule has 0 aromatic heterocycles. The molecule has 0 rings (SSSR count). The molecule has 0 spiro atoms. The Bertz CT molecular complexity index is 27.7. The van der Waals surface area contributed by atoms with Crippen molar-refractivity contribution in [3.05, 3.63) is 0 Å². The third-order valence-electron chi connectivity index (χ3n) is 0.854. The molecule has 0 heterocycles. The average molecular weight is 103 g/mol. The molecule has 1 N–H and O–H groups in total. The first-order chi connectivity index (χ1) is 3.41. The Morgan fingerprint density at radius 3 is 1.86 bits per heavy atom. The maximum Gasteiger partial charge on any atom is 0 e. The lowest BCUT2D eigenvalue weighted by atomic mass is 10.4. The van der Waals surface area contributed by atoms with Gasteiger partial charge in [0.15, 0.2) is 0 Å². The number of hydrogen-bond donors (Lipinski definition) is 1. The highest BCUT2D eigenvalue weighted by molar-refractivity contribution is 4.39. The predicted molar refractivity (Wildman–Crippen MR) is 35.6 cm³/mol. The molecule has 0 aromatic carbocycles. The smallest absolute Gasteiger partial charge is 0 e. The molecule has 0 aliphatic heterocycles. The SMILES string of the molecule is CCCNCCC.[HH]. The maximum absolute atomic E-state index is 3.28. The van der Waals surface area contributed by atoms with Crippen molar-refractivity contribution < 1.29 is 1.43 Å². The van der Waals surface area contributed by atoms with E-state index >= 15 is 0 Å². The van der Waals surface area contributed by atoms with Crippen LogP contribution in [0.5, 0.6) is 0 Å². The van der Waals surface area contributed by atoms with Crippen molar-refractivity contribution in [2.75, 3.05) is 13.1 Å². The Balaban J connectivity index is 0. The molecule has 0 aromatic rings. The van der Waals surface area contributed by atoms with Gasteiger partial charge in [-0.25, -0.2) is 0 Å². The molecular weight excluding hydrogens is 86.1 g/mol. The summed E-state index contributed by atoms with van der Waals surface area (Å²) in [6, 6.07) is 0. The van der Waals surface area contributed by atoms with Gasteiger partial charge in [-0.05, 0) is 25.9 Å². The Hall–Kier alpha value is -0.0400. The summed E-state index contributed by atoms with van der Waals surface area (Å²) >= 11 is 0. The lowest BCUT2D eigenvalue weighted by Crippen LogP contribution is -2.14. The van der Waals surface area contributed by atoms with Crippen molar-refractivity contribution in [1.82, 2.24) is 5.32 Å². The summed E-state index contributed by atoms with van der Waals surface area (Å²) in [4.78, 5) is 0. The van der Waals surface area contributed by atoms with E-state index in [0.717, 1.165) is 0 Å². The van der Waals surface area contributed by atoms with Crippen LogP contribution in [-0.2, 0) is 0 Å². The second-order valence-electron chi connectivity index (χ2n) is 1.75. The fourth-order valence-electron chi connectivity index (χ4n) is 0.479. The molecule has 0 atom stereocenters. The first-order valence-electron chi connectivity index (χ1n) is 3.12. The van der Waals surface area contributed by atoms with Crippen LogP contribution in [-0.4, -0.2) is 13.1 Å². The van der Waals surface area contributed by atoms with Gasteiger partial charge in [-0.15, -0.1) is 0 Å². The lowest BCUT2D eigenvalue weighted by Gasteiger charge is -1.95. The van der Waals surface area contributed by atoms with E-state index in [2.05, 4.69) is 19.2 Å². The zero-order valence-electron chi connectivity index (χ0n) is 5.33. The zero-order chi connectivity index (χ0) is 5.54. The van der Waals surface area contributed by atoms with Crippen LogP contribution < -0.4 is 5.32 Å². The molecule has 0 saturated carbocycles. The largest absolute Gasteiger partial charge is 0.317 e. The molecule has 0 unspecified atom stereocenters. The van der Waals surface area contributed by atoms with Crippen LogP contribution in [0.2, 0.25) is 0 Å². The molecule has 0 bridgehead atoms. The van der Waals surface area contributed by atoms with Crippen LogP contribution >= 0.6 is 0 Å². The summed E-state index contributed by atoms with van der Waals surface area (Å²) in [5.74, 6) is 0. The van der Waals surface area contributed by atoms with Gasteiger partial charge in [-0.2, -0.15) is 0 Å². The summed E-state index contributed by atoms with van der Waals surface area (Å²) in [5.41, 5.74) is 0. The monoisotopic (exact) mass is 103 g/mol. The van der Waals surface area contributed by atoms with Crippen LogP contribution in [0.4, 0.5) is 0 Å². The lowest BCUT2D eigenvalue weighted by molar-refractivity contribution is 0.662. The van der Waals surface area contributed by atoms with Crippen LogP contribution in [0, 0.1) is 0 Å². The van der Waals surface area contributed by atoms with E-state index in [-0.39, 0.29) is 1.43 Å². The quantitative estimate of drug-likeness (QED) is 0.533. The van der Waals surface area contributed by atoms with E-state index in [1.807, 2.05) is 0 Å². The molecule has 0 amide bonds. The summed E-state index contributed by atoms with van der Waals surface area (Å²) in [6.45, 7) is 6.72. The van der Waals surface area contributed by atoms with Gasteiger partial charge in [0.2, 0.25) is 0 Å². The van der Waals surface area contributed by atoms with Gasteiger partial charge in [-0.1, -0.05) is 13.8 Å². The van der Waals surface area contributed by atoms with E-state index < -0.39 is 0 Å². The predicted octanol–water partition coefficient (Wildman–Crippen LogP) is 1.64. The molecule has 0 aliphatic rings. The topological polar surface area (TPSA) is 12.0 Å².